The lowest BCUT2D eigenvalue weighted by Crippen LogP contribution is -2.46. The molecular weight excluding hydrogens is 358 g/mol. The maximum absolute atomic E-state index is 13.1. The van der Waals surface area contributed by atoms with E-state index in [1.54, 1.807) is 6.07 Å². The molecule has 0 saturated carbocycles. The Hall–Kier alpha value is -3.13. The van der Waals surface area contributed by atoms with Crippen molar-refractivity contribution >= 4 is 16.8 Å². The summed E-state index contributed by atoms with van der Waals surface area (Å²) in [6.07, 6.45) is 3.40. The number of nitrogens with one attached hydrogen (secondary N) is 2. The van der Waals surface area contributed by atoms with Crippen molar-refractivity contribution in [3.63, 3.8) is 0 Å². The molecule has 146 valence electrons. The van der Waals surface area contributed by atoms with Gasteiger partial charge in [0.1, 0.15) is 0 Å². The van der Waals surface area contributed by atoms with Gasteiger partial charge in [-0.05, 0) is 32.0 Å². The highest BCUT2D eigenvalue weighted by atomic mass is 16.2. The molecule has 1 aliphatic rings. The molecule has 28 heavy (non-hydrogen) atoms. The second kappa shape index (κ2) is 7.12. The Labute approximate surface area is 161 Å². The van der Waals surface area contributed by atoms with Gasteiger partial charge in [0.05, 0.1) is 11.2 Å². The number of rotatable bonds is 3. The molecule has 1 fully saturated rings. The Kier molecular flexibility index (Phi) is 4.64. The normalized spacial score (nSPS) is 14.8. The molecule has 2 aromatic heterocycles. The topological polar surface area (TPSA) is 92.1 Å². The van der Waals surface area contributed by atoms with Crippen LogP contribution in [-0.4, -0.2) is 51.1 Å². The van der Waals surface area contributed by atoms with Gasteiger partial charge in [0.25, 0.3) is 11.5 Å². The van der Waals surface area contributed by atoms with Gasteiger partial charge in [-0.15, -0.1) is 0 Å². The predicted octanol–water partition coefficient (Wildman–Crippen LogP) is 1.11. The number of aromatic amines is 1. The lowest BCUT2D eigenvalue weighted by atomic mass is 10.1. The summed E-state index contributed by atoms with van der Waals surface area (Å²) in [6, 6.07) is 7.05. The zero-order chi connectivity index (χ0) is 19.8. The molecule has 0 radical (unpaired) electrons. The zero-order valence-electron chi connectivity index (χ0n) is 15.9. The third kappa shape index (κ3) is 3.16. The van der Waals surface area contributed by atoms with E-state index < -0.39 is 11.2 Å². The second-order valence-corrected chi connectivity index (χ2v) is 7.27. The number of hydrogen-bond acceptors (Lipinski definition) is 4. The first-order valence-corrected chi connectivity index (χ1v) is 9.42. The Morgan fingerprint density at radius 3 is 2.50 bits per heavy atom. The van der Waals surface area contributed by atoms with Crippen molar-refractivity contribution in [3.05, 3.63) is 63.1 Å². The van der Waals surface area contributed by atoms with Crippen LogP contribution in [0.3, 0.4) is 0 Å². The van der Waals surface area contributed by atoms with Crippen LogP contribution in [0.25, 0.3) is 16.6 Å². The van der Waals surface area contributed by atoms with E-state index in [4.69, 9.17) is 0 Å². The minimum Gasteiger partial charge on any atom is -0.345 e. The second-order valence-electron chi connectivity index (χ2n) is 7.27. The monoisotopic (exact) mass is 381 g/mol. The van der Waals surface area contributed by atoms with Crippen LogP contribution >= 0.6 is 0 Å². The first kappa shape index (κ1) is 18.2. The van der Waals surface area contributed by atoms with E-state index in [-0.39, 0.29) is 11.9 Å². The third-order valence-corrected chi connectivity index (χ3v) is 5.11. The van der Waals surface area contributed by atoms with Crippen LogP contribution in [0.5, 0.6) is 0 Å². The molecule has 1 saturated heterocycles. The van der Waals surface area contributed by atoms with Crippen LogP contribution in [0.1, 0.15) is 30.2 Å². The Morgan fingerprint density at radius 1 is 1.07 bits per heavy atom. The van der Waals surface area contributed by atoms with Gasteiger partial charge in [0.15, 0.2) is 0 Å². The molecule has 0 aliphatic carbocycles. The van der Waals surface area contributed by atoms with E-state index in [2.05, 4.69) is 28.7 Å². The Balaban J connectivity index is 1.93. The molecule has 2 N–H and O–H groups in total. The average molecular weight is 381 g/mol. The average Bonchev–Trinajstić information content (AvgIpc) is 3.12. The Morgan fingerprint density at radius 2 is 1.82 bits per heavy atom. The van der Waals surface area contributed by atoms with Crippen LogP contribution in [0.2, 0.25) is 0 Å². The van der Waals surface area contributed by atoms with Gasteiger partial charge < -0.3 is 14.8 Å². The number of amides is 1. The summed E-state index contributed by atoms with van der Waals surface area (Å²) in [5, 5.41) is 4.09. The molecule has 8 nitrogen and oxygen atoms in total. The van der Waals surface area contributed by atoms with Gasteiger partial charge in [-0.1, -0.05) is 0 Å². The summed E-state index contributed by atoms with van der Waals surface area (Å²) in [5.74, 6) is -0.0568. The van der Waals surface area contributed by atoms with E-state index >= 15 is 0 Å². The summed E-state index contributed by atoms with van der Waals surface area (Å²) >= 11 is 0. The molecule has 1 aromatic carbocycles. The van der Waals surface area contributed by atoms with Crippen molar-refractivity contribution in [1.29, 1.82) is 0 Å². The van der Waals surface area contributed by atoms with E-state index in [0.29, 0.717) is 24.3 Å². The van der Waals surface area contributed by atoms with Crippen molar-refractivity contribution in [1.82, 2.24) is 24.3 Å². The lowest BCUT2D eigenvalue weighted by molar-refractivity contribution is 0.0736. The standard InChI is InChI=1S/C20H23N5O3/c1-13(2)24-7-3-15-16(24)11-14(19(27)23-9-5-21-6-10-23)12-17(15)25-8-4-18(26)22-20(25)28/h3-4,7-8,11-13,21H,5-6,9-10H2,1-2H3,(H,22,26,28). The Bertz CT molecular complexity index is 1150. The maximum atomic E-state index is 13.1. The van der Waals surface area contributed by atoms with E-state index in [9.17, 15) is 14.4 Å². The molecule has 0 unspecified atom stereocenters. The number of carbonyl (C=O) groups is 1. The molecule has 3 heterocycles. The minimum atomic E-state index is -0.530. The van der Waals surface area contributed by atoms with Crippen molar-refractivity contribution in [2.24, 2.45) is 0 Å². The van der Waals surface area contributed by atoms with Gasteiger partial charge in [-0.25, -0.2) is 4.79 Å². The fourth-order valence-electron chi connectivity index (χ4n) is 3.67. The van der Waals surface area contributed by atoms with E-state index in [1.807, 2.05) is 23.2 Å². The quantitative estimate of drug-likeness (QED) is 0.711. The number of nitrogens with zero attached hydrogens (tertiary/aromatic N) is 3. The van der Waals surface area contributed by atoms with Crippen LogP contribution in [-0.2, 0) is 0 Å². The molecule has 1 aliphatic heterocycles. The zero-order valence-corrected chi connectivity index (χ0v) is 15.9. The van der Waals surface area contributed by atoms with Gasteiger partial charge in [-0.2, -0.15) is 0 Å². The molecule has 4 rings (SSSR count). The van der Waals surface area contributed by atoms with E-state index in [1.165, 1.54) is 16.8 Å². The summed E-state index contributed by atoms with van der Waals surface area (Å²) in [4.78, 5) is 41.1. The smallest absolute Gasteiger partial charge is 0.332 e. The van der Waals surface area contributed by atoms with Crippen LogP contribution in [0.4, 0.5) is 0 Å². The van der Waals surface area contributed by atoms with Gasteiger partial charge in [-0.3, -0.25) is 19.1 Å². The van der Waals surface area contributed by atoms with Crippen molar-refractivity contribution in [3.8, 4) is 5.69 Å². The highest BCUT2D eigenvalue weighted by Crippen LogP contribution is 2.28. The fraction of sp³-hybridized carbons (Fsp3) is 0.350. The number of hydrogen-bond donors (Lipinski definition) is 2. The van der Waals surface area contributed by atoms with Crippen molar-refractivity contribution in [2.75, 3.05) is 26.2 Å². The molecule has 1 amide bonds. The van der Waals surface area contributed by atoms with Crippen LogP contribution in [0, 0.1) is 0 Å². The summed E-state index contributed by atoms with van der Waals surface area (Å²) < 4.78 is 3.45. The highest BCUT2D eigenvalue weighted by molar-refractivity contribution is 6.01. The highest BCUT2D eigenvalue weighted by Gasteiger charge is 2.21. The number of H-pyrrole nitrogens is 1. The predicted molar refractivity (Wildman–Crippen MR) is 107 cm³/mol. The number of fused-ring (bicyclic) bond motifs is 1. The van der Waals surface area contributed by atoms with E-state index in [0.717, 1.165) is 24.0 Å². The van der Waals surface area contributed by atoms with Crippen molar-refractivity contribution < 1.29 is 4.79 Å². The van der Waals surface area contributed by atoms with Gasteiger partial charge >= 0.3 is 5.69 Å². The third-order valence-electron chi connectivity index (χ3n) is 5.11. The largest absolute Gasteiger partial charge is 0.345 e. The SMILES string of the molecule is CC(C)n1ccc2c(-n3ccc(=O)[nH]c3=O)cc(C(=O)N3CCNCC3)cc21. The van der Waals surface area contributed by atoms with Gasteiger partial charge in [0.2, 0.25) is 0 Å². The molecule has 3 aromatic rings. The van der Waals surface area contributed by atoms with Gasteiger partial charge in [0, 0.05) is 61.6 Å². The summed E-state index contributed by atoms with van der Waals surface area (Å²) in [6.45, 7) is 6.96. The summed E-state index contributed by atoms with van der Waals surface area (Å²) in [7, 11) is 0. The first-order chi connectivity index (χ1) is 13.5. The molecule has 8 heteroatoms. The number of benzene rings is 1. The number of aromatic nitrogens is 3. The molecule has 0 atom stereocenters. The summed E-state index contributed by atoms with van der Waals surface area (Å²) in [5.41, 5.74) is 1.01. The van der Waals surface area contributed by atoms with Crippen LogP contribution < -0.4 is 16.6 Å². The molecule has 0 spiro atoms. The molecule has 0 bridgehead atoms. The van der Waals surface area contributed by atoms with Crippen LogP contribution in [0.15, 0.2) is 46.2 Å². The number of carbonyl (C=O) groups excluding carboxylic acids is 1. The first-order valence-electron chi connectivity index (χ1n) is 9.42. The lowest BCUT2D eigenvalue weighted by Gasteiger charge is -2.27. The molecular formula is C20H23N5O3. The fourth-order valence-corrected chi connectivity index (χ4v) is 3.67. The van der Waals surface area contributed by atoms with Crippen molar-refractivity contribution in [2.45, 2.75) is 19.9 Å². The minimum absolute atomic E-state index is 0.0568. The maximum Gasteiger partial charge on any atom is 0.332 e. The number of piperazine rings is 1.